The minimum atomic E-state index is -3.66. The lowest BCUT2D eigenvalue weighted by atomic mass is 9.89. The zero-order chi connectivity index (χ0) is 20.6. The molecule has 0 bridgehead atoms. The van der Waals surface area contributed by atoms with Crippen molar-refractivity contribution in [3.05, 3.63) is 58.7 Å². The van der Waals surface area contributed by atoms with Crippen LogP contribution in [-0.2, 0) is 27.7 Å². The van der Waals surface area contributed by atoms with Crippen molar-refractivity contribution < 1.29 is 13.2 Å². The molecule has 2 aromatic rings. The van der Waals surface area contributed by atoms with Gasteiger partial charge in [0, 0.05) is 24.7 Å². The first-order chi connectivity index (χ1) is 13.8. The molecule has 0 saturated carbocycles. The van der Waals surface area contributed by atoms with Crippen molar-refractivity contribution in [1.29, 1.82) is 0 Å². The molecule has 2 aromatic carbocycles. The number of amides is 1. The number of benzene rings is 2. The maximum atomic E-state index is 13.0. The van der Waals surface area contributed by atoms with Crippen LogP contribution in [0.4, 0.5) is 5.69 Å². The van der Waals surface area contributed by atoms with Crippen molar-refractivity contribution in [3.63, 3.8) is 0 Å². The number of carbonyl (C=O) groups is 1. The van der Waals surface area contributed by atoms with Crippen molar-refractivity contribution in [3.8, 4) is 0 Å². The number of fused-ring (bicyclic) bond motifs is 1. The van der Waals surface area contributed by atoms with Crippen LogP contribution in [0.25, 0.3) is 0 Å². The lowest BCUT2D eigenvalue weighted by Crippen LogP contribution is -2.28. The Labute approximate surface area is 173 Å². The second kappa shape index (κ2) is 7.92. The SMILES string of the molecule is Cc1cc(S(=O)(=O)N[C@@H](C)c2ccc3c(c2)CCCC3)ccc1N1CCCC1=O. The number of rotatable bonds is 5. The zero-order valence-electron chi connectivity index (χ0n) is 17.1. The van der Waals surface area contributed by atoms with Crippen molar-refractivity contribution in [2.24, 2.45) is 0 Å². The number of nitrogens with one attached hydrogen (secondary N) is 1. The van der Waals surface area contributed by atoms with E-state index in [4.69, 9.17) is 0 Å². The molecule has 0 unspecified atom stereocenters. The van der Waals surface area contributed by atoms with Gasteiger partial charge in [-0.1, -0.05) is 18.2 Å². The molecule has 1 fully saturated rings. The normalized spacial score (nSPS) is 18.0. The molecule has 1 amide bonds. The fraction of sp³-hybridized carbons (Fsp3) is 0.435. The van der Waals surface area contributed by atoms with E-state index in [1.54, 1.807) is 23.1 Å². The predicted molar refractivity (Wildman–Crippen MR) is 115 cm³/mol. The van der Waals surface area contributed by atoms with E-state index in [2.05, 4.69) is 16.9 Å². The number of hydrogen-bond acceptors (Lipinski definition) is 3. The average molecular weight is 413 g/mol. The van der Waals surface area contributed by atoms with Gasteiger partial charge in [-0.25, -0.2) is 13.1 Å². The largest absolute Gasteiger partial charge is 0.312 e. The van der Waals surface area contributed by atoms with Crippen LogP contribution in [0.5, 0.6) is 0 Å². The van der Waals surface area contributed by atoms with Crippen LogP contribution >= 0.6 is 0 Å². The molecule has 29 heavy (non-hydrogen) atoms. The molecule has 1 heterocycles. The smallest absolute Gasteiger partial charge is 0.241 e. The van der Waals surface area contributed by atoms with Gasteiger partial charge < -0.3 is 4.90 Å². The first-order valence-electron chi connectivity index (χ1n) is 10.4. The summed E-state index contributed by atoms with van der Waals surface area (Å²) in [5.41, 5.74) is 5.32. The first kappa shape index (κ1) is 20.1. The highest BCUT2D eigenvalue weighted by Gasteiger charge is 2.25. The van der Waals surface area contributed by atoms with E-state index in [1.165, 1.54) is 24.0 Å². The van der Waals surface area contributed by atoms with E-state index in [1.807, 2.05) is 19.9 Å². The Kier molecular flexibility index (Phi) is 5.49. The molecule has 6 heteroatoms. The van der Waals surface area contributed by atoms with Crippen LogP contribution in [0.15, 0.2) is 41.3 Å². The fourth-order valence-electron chi connectivity index (χ4n) is 4.39. The Morgan fingerprint density at radius 1 is 0.966 bits per heavy atom. The van der Waals surface area contributed by atoms with E-state index < -0.39 is 10.0 Å². The van der Waals surface area contributed by atoms with Gasteiger partial charge in [-0.3, -0.25) is 4.79 Å². The number of hydrogen-bond donors (Lipinski definition) is 1. The Balaban J connectivity index is 1.54. The summed E-state index contributed by atoms with van der Waals surface area (Å²) >= 11 is 0. The zero-order valence-corrected chi connectivity index (χ0v) is 17.9. The lowest BCUT2D eigenvalue weighted by molar-refractivity contribution is -0.117. The molecule has 0 spiro atoms. The Bertz CT molecular complexity index is 1050. The van der Waals surface area contributed by atoms with E-state index in [-0.39, 0.29) is 16.8 Å². The second-order valence-corrected chi connectivity index (χ2v) is 9.89. The van der Waals surface area contributed by atoms with Crippen LogP contribution in [0, 0.1) is 6.92 Å². The Hall–Kier alpha value is -2.18. The predicted octanol–water partition coefficient (Wildman–Crippen LogP) is 4.04. The van der Waals surface area contributed by atoms with Gasteiger partial charge in [-0.15, -0.1) is 0 Å². The number of sulfonamides is 1. The molecule has 1 aliphatic heterocycles. The highest BCUT2D eigenvalue weighted by Crippen LogP contribution is 2.29. The summed E-state index contributed by atoms with van der Waals surface area (Å²) in [5, 5.41) is 0. The van der Waals surface area contributed by atoms with Crippen molar-refractivity contribution in [1.82, 2.24) is 4.72 Å². The van der Waals surface area contributed by atoms with Crippen molar-refractivity contribution in [2.75, 3.05) is 11.4 Å². The molecule has 1 saturated heterocycles. The molecule has 1 aliphatic carbocycles. The third kappa shape index (κ3) is 4.09. The Morgan fingerprint density at radius 2 is 1.72 bits per heavy atom. The third-order valence-electron chi connectivity index (χ3n) is 6.05. The number of aryl methyl sites for hydroxylation is 3. The Morgan fingerprint density at radius 3 is 2.41 bits per heavy atom. The van der Waals surface area contributed by atoms with E-state index in [0.29, 0.717) is 13.0 Å². The van der Waals surface area contributed by atoms with Crippen LogP contribution in [0.1, 0.15) is 60.9 Å². The van der Waals surface area contributed by atoms with Crippen molar-refractivity contribution in [2.45, 2.75) is 63.3 Å². The number of anilines is 1. The summed E-state index contributed by atoms with van der Waals surface area (Å²) in [6.07, 6.45) is 6.01. The van der Waals surface area contributed by atoms with Gasteiger partial charge in [0.25, 0.3) is 0 Å². The number of carbonyl (C=O) groups excluding carboxylic acids is 1. The second-order valence-electron chi connectivity index (χ2n) is 8.18. The molecule has 154 valence electrons. The lowest BCUT2D eigenvalue weighted by Gasteiger charge is -2.21. The quantitative estimate of drug-likeness (QED) is 0.806. The summed E-state index contributed by atoms with van der Waals surface area (Å²) in [7, 11) is -3.66. The summed E-state index contributed by atoms with van der Waals surface area (Å²) in [5.74, 6) is 0.0999. The molecular weight excluding hydrogens is 384 g/mol. The molecule has 1 N–H and O–H groups in total. The molecular formula is C23H28N2O3S. The topological polar surface area (TPSA) is 66.5 Å². The molecule has 0 radical (unpaired) electrons. The third-order valence-corrected chi connectivity index (χ3v) is 7.59. The van der Waals surface area contributed by atoms with E-state index in [0.717, 1.165) is 36.1 Å². The van der Waals surface area contributed by atoms with Crippen LogP contribution in [0.2, 0.25) is 0 Å². The molecule has 5 nitrogen and oxygen atoms in total. The van der Waals surface area contributed by atoms with Gasteiger partial charge >= 0.3 is 0 Å². The summed E-state index contributed by atoms with van der Waals surface area (Å²) in [4.78, 5) is 14.0. The van der Waals surface area contributed by atoms with Gasteiger partial charge in [-0.05, 0) is 86.4 Å². The molecule has 2 aliphatic rings. The molecule has 0 aromatic heterocycles. The minimum absolute atomic E-state index is 0.0999. The summed E-state index contributed by atoms with van der Waals surface area (Å²) in [6.45, 7) is 4.43. The van der Waals surface area contributed by atoms with E-state index >= 15 is 0 Å². The maximum Gasteiger partial charge on any atom is 0.241 e. The monoisotopic (exact) mass is 412 g/mol. The summed E-state index contributed by atoms with van der Waals surface area (Å²) in [6, 6.07) is 11.0. The minimum Gasteiger partial charge on any atom is -0.312 e. The van der Waals surface area contributed by atoms with Crippen LogP contribution in [-0.4, -0.2) is 20.9 Å². The van der Waals surface area contributed by atoms with E-state index in [9.17, 15) is 13.2 Å². The highest BCUT2D eigenvalue weighted by molar-refractivity contribution is 7.89. The van der Waals surface area contributed by atoms with Gasteiger partial charge in [0.2, 0.25) is 15.9 Å². The molecule has 1 atom stereocenters. The van der Waals surface area contributed by atoms with Gasteiger partial charge in [0.15, 0.2) is 0 Å². The van der Waals surface area contributed by atoms with Crippen LogP contribution < -0.4 is 9.62 Å². The maximum absolute atomic E-state index is 13.0. The van der Waals surface area contributed by atoms with Gasteiger partial charge in [-0.2, -0.15) is 0 Å². The summed E-state index contributed by atoms with van der Waals surface area (Å²) < 4.78 is 28.7. The fourth-order valence-corrected chi connectivity index (χ4v) is 5.71. The van der Waals surface area contributed by atoms with Gasteiger partial charge in [0.05, 0.1) is 4.90 Å². The van der Waals surface area contributed by atoms with Crippen molar-refractivity contribution >= 4 is 21.6 Å². The van der Waals surface area contributed by atoms with Gasteiger partial charge in [0.1, 0.15) is 0 Å². The van der Waals surface area contributed by atoms with Crippen LogP contribution in [0.3, 0.4) is 0 Å². The number of nitrogens with zero attached hydrogens (tertiary/aromatic N) is 1. The molecule has 4 rings (SSSR count). The standard InChI is InChI=1S/C23H28N2O3S/c1-16-14-21(11-12-22(16)25-13-5-8-23(25)26)29(27,28)24-17(2)19-10-9-18-6-3-4-7-20(18)15-19/h9-12,14-15,17,24H,3-8,13H2,1-2H3/t17-/m0/s1. The average Bonchev–Trinajstić information content (AvgIpc) is 3.12. The first-order valence-corrected chi connectivity index (χ1v) is 11.9. The highest BCUT2D eigenvalue weighted by atomic mass is 32.2.